The van der Waals surface area contributed by atoms with Crippen LogP contribution < -0.4 is 10.1 Å². The number of likely N-dealkylation sites (tertiary alicyclic amines) is 1. The van der Waals surface area contributed by atoms with Gasteiger partial charge in [-0.1, -0.05) is 0 Å². The lowest BCUT2D eigenvalue weighted by molar-refractivity contribution is -0.329. The summed E-state index contributed by atoms with van der Waals surface area (Å²) in [6.45, 7) is 0.599. The Morgan fingerprint density at radius 3 is 2.46 bits per heavy atom. The van der Waals surface area contributed by atoms with E-state index >= 15 is 0 Å². The molecule has 3 rings (SSSR count). The smallest absolute Gasteiger partial charge is 0.474 e. The average Bonchev–Trinajstić information content (AvgIpc) is 3.19. The molecule has 0 unspecified atom stereocenters. The minimum Gasteiger partial charge on any atom is -0.474 e. The van der Waals surface area contributed by atoms with Crippen molar-refractivity contribution in [2.45, 2.75) is 44.5 Å². The maximum atomic E-state index is 13.6. The van der Waals surface area contributed by atoms with Gasteiger partial charge in [0.2, 0.25) is 5.88 Å². The van der Waals surface area contributed by atoms with Gasteiger partial charge in [0.25, 0.3) is 5.91 Å². The van der Waals surface area contributed by atoms with Gasteiger partial charge in [-0.15, -0.1) is 24.5 Å². The fraction of sp³-hybridized carbons (Fsp3) is 0.550. The molecule has 1 atom stereocenters. The number of carbonyl (C=O) groups excluding carboxylic acids is 2. The van der Waals surface area contributed by atoms with E-state index in [-0.39, 0.29) is 47.6 Å². The summed E-state index contributed by atoms with van der Waals surface area (Å²) in [5, 5.41) is 3.65. The number of hydrogen-bond acceptors (Lipinski definition) is 7. The van der Waals surface area contributed by atoms with Crippen LogP contribution in [0, 0.1) is 0 Å². The first kappa shape index (κ1) is 26.8. The first-order valence-corrected chi connectivity index (χ1v) is 11.2. The van der Waals surface area contributed by atoms with Crippen LogP contribution in [0.1, 0.15) is 35.7 Å². The number of piperidine rings is 1. The van der Waals surface area contributed by atoms with Crippen LogP contribution in [0.2, 0.25) is 0 Å². The number of amides is 2. The van der Waals surface area contributed by atoms with Gasteiger partial charge in [0.15, 0.2) is 0 Å². The monoisotopic (exact) mass is 529 g/mol. The number of hydrogen-bond donors (Lipinski definition) is 1. The molecule has 0 aliphatic carbocycles. The minimum absolute atomic E-state index is 0.00960. The van der Waals surface area contributed by atoms with Gasteiger partial charge >= 0.3 is 18.6 Å². The first-order chi connectivity index (χ1) is 16.3. The van der Waals surface area contributed by atoms with Gasteiger partial charge in [-0.25, -0.2) is 9.78 Å². The second-order valence-corrected chi connectivity index (χ2v) is 8.55. The third-order valence-electron chi connectivity index (χ3n) is 5.05. The van der Waals surface area contributed by atoms with Crippen LogP contribution in [0.4, 0.5) is 31.1 Å². The summed E-state index contributed by atoms with van der Waals surface area (Å²) < 4.78 is 91.2. The summed E-state index contributed by atoms with van der Waals surface area (Å²) in [5.74, 6) is -0.900. The number of aromatic nitrogens is 1. The largest absolute Gasteiger partial charge is 0.522 e. The molecule has 8 nitrogen and oxygen atoms in total. The van der Waals surface area contributed by atoms with Crippen molar-refractivity contribution >= 4 is 33.6 Å². The van der Waals surface area contributed by atoms with E-state index in [1.165, 1.54) is 24.3 Å². The van der Waals surface area contributed by atoms with Crippen LogP contribution in [0.3, 0.4) is 0 Å². The summed E-state index contributed by atoms with van der Waals surface area (Å²) in [7, 11) is 1.35. The van der Waals surface area contributed by atoms with Crippen LogP contribution in [0.5, 0.6) is 5.88 Å². The Morgan fingerprint density at radius 1 is 1.23 bits per heavy atom. The van der Waals surface area contributed by atoms with Crippen LogP contribution >= 0.6 is 11.3 Å². The third-order valence-corrected chi connectivity index (χ3v) is 6.05. The number of ether oxygens (including phenoxy) is 3. The molecule has 194 valence electrons. The summed E-state index contributed by atoms with van der Waals surface area (Å²) >= 11 is 0.751. The van der Waals surface area contributed by atoms with E-state index in [4.69, 9.17) is 9.47 Å². The Bertz CT molecular complexity index is 1070. The van der Waals surface area contributed by atoms with E-state index in [1.54, 1.807) is 0 Å². The first-order valence-electron chi connectivity index (χ1n) is 10.3. The van der Waals surface area contributed by atoms with Crippen molar-refractivity contribution in [3.63, 3.8) is 0 Å². The van der Waals surface area contributed by atoms with Crippen molar-refractivity contribution in [1.29, 1.82) is 0 Å². The number of alkyl halides is 6. The molecule has 1 N–H and O–H groups in total. The molecule has 0 radical (unpaired) electrons. The fourth-order valence-electron chi connectivity index (χ4n) is 3.37. The molecule has 15 heteroatoms. The summed E-state index contributed by atoms with van der Waals surface area (Å²) in [6.07, 6.45) is -11.7. The van der Waals surface area contributed by atoms with Gasteiger partial charge in [0.05, 0.1) is 28.0 Å². The zero-order valence-electron chi connectivity index (χ0n) is 18.5. The maximum absolute atomic E-state index is 13.6. The van der Waals surface area contributed by atoms with Crippen molar-refractivity contribution in [3.8, 4) is 5.88 Å². The summed E-state index contributed by atoms with van der Waals surface area (Å²) in [5.41, 5.74) is -1.12. The van der Waals surface area contributed by atoms with Crippen LogP contribution in [-0.4, -0.2) is 67.2 Å². The highest BCUT2D eigenvalue weighted by atomic mass is 32.1. The Labute approximate surface area is 199 Å². The Morgan fingerprint density at radius 2 is 1.89 bits per heavy atom. The predicted octanol–water partition coefficient (Wildman–Crippen LogP) is 4.58. The summed E-state index contributed by atoms with van der Waals surface area (Å²) in [6, 6.07) is 0.773. The lowest BCUT2D eigenvalue weighted by atomic mass is 10.1. The van der Waals surface area contributed by atoms with E-state index < -0.39 is 48.9 Å². The number of halogens is 6. The van der Waals surface area contributed by atoms with Gasteiger partial charge in [-0.05, 0) is 6.92 Å². The number of nitrogens with zero attached hydrogens (tertiary/aromatic N) is 2. The minimum atomic E-state index is -4.84. The predicted molar refractivity (Wildman–Crippen MR) is 111 cm³/mol. The molecule has 0 aromatic carbocycles. The van der Waals surface area contributed by atoms with Crippen molar-refractivity contribution in [2.75, 3.05) is 26.7 Å². The van der Waals surface area contributed by atoms with E-state index in [2.05, 4.69) is 15.0 Å². The molecular formula is C20H21F6N3O5S. The zero-order valence-corrected chi connectivity index (χ0v) is 19.3. The summed E-state index contributed by atoms with van der Waals surface area (Å²) in [4.78, 5) is 29.6. The Balaban J connectivity index is 1.65. The Hall–Kier alpha value is -2.81. The van der Waals surface area contributed by atoms with Crippen molar-refractivity contribution in [1.82, 2.24) is 15.2 Å². The van der Waals surface area contributed by atoms with E-state index in [1.807, 2.05) is 0 Å². The number of thiophene rings is 1. The van der Waals surface area contributed by atoms with Gasteiger partial charge < -0.3 is 19.7 Å². The van der Waals surface area contributed by atoms with Crippen LogP contribution in [0.25, 0.3) is 10.2 Å². The number of nitrogens with one attached hydrogen (secondary N) is 1. The SMILES string of the molecule is CNC(=O)c1csc2c(C(F)(F)F)cc(OC3CCN(C(=O)O[C@H](C)COC(F)(F)F)CC3)nc12. The van der Waals surface area contributed by atoms with Crippen LogP contribution in [0.15, 0.2) is 11.4 Å². The van der Waals surface area contributed by atoms with Gasteiger partial charge in [-0.2, -0.15) is 13.2 Å². The number of pyridine rings is 1. The molecule has 1 aliphatic rings. The van der Waals surface area contributed by atoms with Crippen molar-refractivity contribution in [2.24, 2.45) is 0 Å². The molecule has 2 aromatic heterocycles. The standard InChI is InChI=1S/C20H21F6N3O5S/c1-10(8-32-20(24,25)26)33-18(31)29-5-3-11(4-6-29)34-14-7-13(19(21,22)23)16-15(28-14)12(9-35-16)17(30)27-2/h7,9-11H,3-6,8H2,1-2H3,(H,27,30)/t10-/m1/s1. The number of carbonyl (C=O) groups is 2. The third kappa shape index (κ3) is 6.87. The average molecular weight is 529 g/mol. The molecule has 0 bridgehead atoms. The van der Waals surface area contributed by atoms with Gasteiger partial charge in [0, 0.05) is 44.4 Å². The maximum Gasteiger partial charge on any atom is 0.522 e. The Kier molecular flexibility index (Phi) is 7.99. The molecule has 1 aliphatic heterocycles. The molecule has 2 aromatic rings. The highest BCUT2D eigenvalue weighted by molar-refractivity contribution is 7.17. The second-order valence-electron chi connectivity index (χ2n) is 7.67. The zero-order chi connectivity index (χ0) is 26.0. The number of fused-ring (bicyclic) bond motifs is 1. The van der Waals surface area contributed by atoms with Crippen molar-refractivity contribution in [3.05, 3.63) is 22.6 Å². The lowest BCUT2D eigenvalue weighted by Gasteiger charge is -2.32. The molecular weight excluding hydrogens is 508 g/mol. The second kappa shape index (κ2) is 10.4. The number of rotatable bonds is 6. The molecule has 1 saturated heterocycles. The van der Waals surface area contributed by atoms with E-state index in [0.29, 0.717) is 0 Å². The molecule has 0 saturated carbocycles. The van der Waals surface area contributed by atoms with Crippen LogP contribution in [-0.2, 0) is 15.7 Å². The normalized spacial score (nSPS) is 16.3. The van der Waals surface area contributed by atoms with Crippen molar-refractivity contribution < 1.29 is 50.1 Å². The highest BCUT2D eigenvalue weighted by Gasteiger charge is 2.36. The molecule has 0 spiro atoms. The molecule has 2 amide bonds. The fourth-order valence-corrected chi connectivity index (χ4v) is 4.39. The van der Waals surface area contributed by atoms with E-state index in [9.17, 15) is 35.9 Å². The highest BCUT2D eigenvalue weighted by Crippen LogP contribution is 2.40. The lowest BCUT2D eigenvalue weighted by Crippen LogP contribution is -2.43. The molecule has 1 fully saturated rings. The quantitative estimate of drug-likeness (QED) is 0.552. The van der Waals surface area contributed by atoms with Gasteiger partial charge in [0.1, 0.15) is 12.2 Å². The molecule has 35 heavy (non-hydrogen) atoms. The van der Waals surface area contributed by atoms with E-state index in [0.717, 1.165) is 17.4 Å². The molecule has 3 heterocycles. The topological polar surface area (TPSA) is 90.0 Å². The van der Waals surface area contributed by atoms with Gasteiger partial charge in [-0.3, -0.25) is 9.53 Å².